The van der Waals surface area contributed by atoms with E-state index in [1.54, 1.807) is 29.2 Å². The van der Waals surface area contributed by atoms with Crippen LogP contribution in [0, 0.1) is 9.39 Å². The summed E-state index contributed by atoms with van der Waals surface area (Å²) < 4.78 is 14.1. The lowest BCUT2D eigenvalue weighted by Gasteiger charge is -2.21. The molecule has 0 aliphatic carbocycles. The highest BCUT2D eigenvalue weighted by Gasteiger charge is 2.15. The van der Waals surface area contributed by atoms with E-state index in [-0.39, 0.29) is 11.7 Å². The molecule has 0 bridgehead atoms. The number of carbonyl (C=O) groups excluding carboxylic acids is 1. The maximum absolute atomic E-state index is 13.2. The van der Waals surface area contributed by atoms with Gasteiger partial charge in [-0.3, -0.25) is 4.79 Å². The zero-order chi connectivity index (χ0) is 15.4. The molecule has 0 radical (unpaired) electrons. The molecular weight excluding hydrogens is 404 g/mol. The molecule has 2 rings (SSSR count). The normalized spacial score (nSPS) is 10.5. The highest BCUT2D eigenvalue weighted by Crippen LogP contribution is 2.21. The fraction of sp³-hybridized carbons (Fsp3) is 0.188. The standard InChI is InChI=1S/C16H14ClFINO/c1-2-20(10-11-4-3-5-13(18)8-11)16(21)12-6-7-15(19)14(17)9-12/h3-9H,2,10H2,1H3. The van der Waals surface area contributed by atoms with Gasteiger partial charge in [-0.1, -0.05) is 23.7 Å². The fourth-order valence-electron chi connectivity index (χ4n) is 1.99. The van der Waals surface area contributed by atoms with E-state index in [2.05, 4.69) is 22.6 Å². The lowest BCUT2D eigenvalue weighted by Crippen LogP contribution is -2.30. The summed E-state index contributed by atoms with van der Waals surface area (Å²) in [5.41, 5.74) is 1.31. The van der Waals surface area contributed by atoms with E-state index in [0.29, 0.717) is 23.7 Å². The number of hydrogen-bond acceptors (Lipinski definition) is 1. The molecule has 0 aliphatic rings. The summed E-state index contributed by atoms with van der Waals surface area (Å²) in [6, 6.07) is 11.5. The van der Waals surface area contributed by atoms with Gasteiger partial charge >= 0.3 is 0 Å². The van der Waals surface area contributed by atoms with E-state index in [1.807, 2.05) is 13.0 Å². The van der Waals surface area contributed by atoms with Gasteiger partial charge in [-0.2, -0.15) is 0 Å². The van der Waals surface area contributed by atoms with Gasteiger partial charge in [0.2, 0.25) is 0 Å². The van der Waals surface area contributed by atoms with Crippen LogP contribution in [0.5, 0.6) is 0 Å². The molecule has 5 heteroatoms. The van der Waals surface area contributed by atoms with E-state index in [1.165, 1.54) is 12.1 Å². The van der Waals surface area contributed by atoms with Crippen molar-refractivity contribution in [3.05, 3.63) is 68.0 Å². The van der Waals surface area contributed by atoms with Crippen LogP contribution in [0.2, 0.25) is 5.02 Å². The first kappa shape index (κ1) is 16.2. The molecule has 2 aromatic rings. The zero-order valence-corrected chi connectivity index (χ0v) is 14.4. The topological polar surface area (TPSA) is 20.3 Å². The average molecular weight is 418 g/mol. The molecule has 0 N–H and O–H groups in total. The van der Waals surface area contributed by atoms with Crippen LogP contribution in [0.3, 0.4) is 0 Å². The Labute approximate surface area is 142 Å². The summed E-state index contributed by atoms with van der Waals surface area (Å²) in [7, 11) is 0. The Kier molecular flexibility index (Phi) is 5.58. The maximum atomic E-state index is 13.2. The molecule has 0 heterocycles. The Morgan fingerprint density at radius 1 is 1.29 bits per heavy atom. The molecule has 0 fully saturated rings. The van der Waals surface area contributed by atoms with Crippen molar-refractivity contribution in [2.45, 2.75) is 13.5 Å². The van der Waals surface area contributed by atoms with Crippen LogP contribution in [0.1, 0.15) is 22.8 Å². The molecule has 1 amide bonds. The summed E-state index contributed by atoms with van der Waals surface area (Å²) in [6.07, 6.45) is 0. The van der Waals surface area contributed by atoms with Gasteiger partial charge in [-0.05, 0) is 65.4 Å². The monoisotopic (exact) mass is 417 g/mol. The van der Waals surface area contributed by atoms with Gasteiger partial charge in [-0.25, -0.2) is 4.39 Å². The summed E-state index contributed by atoms with van der Waals surface area (Å²) in [5.74, 6) is -0.409. The van der Waals surface area contributed by atoms with Crippen LogP contribution >= 0.6 is 34.2 Å². The lowest BCUT2D eigenvalue weighted by atomic mass is 10.1. The van der Waals surface area contributed by atoms with Crippen molar-refractivity contribution in [3.8, 4) is 0 Å². The first-order valence-electron chi connectivity index (χ1n) is 6.50. The van der Waals surface area contributed by atoms with Gasteiger partial charge in [0.15, 0.2) is 0 Å². The Hall–Kier alpha value is -1.14. The van der Waals surface area contributed by atoms with Crippen LogP contribution in [0.4, 0.5) is 4.39 Å². The minimum Gasteiger partial charge on any atom is -0.335 e. The second-order valence-corrected chi connectivity index (χ2v) is 6.15. The third-order valence-corrected chi connectivity index (χ3v) is 4.67. The van der Waals surface area contributed by atoms with Crippen molar-refractivity contribution in [1.29, 1.82) is 0 Å². The van der Waals surface area contributed by atoms with E-state index in [0.717, 1.165) is 9.13 Å². The zero-order valence-electron chi connectivity index (χ0n) is 11.4. The minimum absolute atomic E-state index is 0.111. The van der Waals surface area contributed by atoms with Gasteiger partial charge in [-0.15, -0.1) is 0 Å². The predicted octanol–water partition coefficient (Wildman–Crippen LogP) is 4.75. The van der Waals surface area contributed by atoms with Crippen LogP contribution < -0.4 is 0 Å². The molecule has 0 saturated carbocycles. The molecule has 0 saturated heterocycles. The molecule has 2 nitrogen and oxygen atoms in total. The highest BCUT2D eigenvalue weighted by atomic mass is 127. The fourth-order valence-corrected chi connectivity index (χ4v) is 2.51. The summed E-state index contributed by atoms with van der Waals surface area (Å²) in [5, 5.41) is 0.559. The summed E-state index contributed by atoms with van der Waals surface area (Å²) in [4.78, 5) is 14.2. The van der Waals surface area contributed by atoms with Crippen LogP contribution in [0.15, 0.2) is 42.5 Å². The Morgan fingerprint density at radius 2 is 2.05 bits per heavy atom. The van der Waals surface area contributed by atoms with Gasteiger partial charge < -0.3 is 4.90 Å². The Bertz CT molecular complexity index is 662. The number of hydrogen-bond donors (Lipinski definition) is 0. The molecule has 0 spiro atoms. The number of carbonyl (C=O) groups is 1. The van der Waals surface area contributed by atoms with Gasteiger partial charge in [0.1, 0.15) is 5.82 Å². The first-order chi connectivity index (χ1) is 10.0. The van der Waals surface area contributed by atoms with Gasteiger partial charge in [0.25, 0.3) is 5.91 Å². The van der Waals surface area contributed by atoms with E-state index in [9.17, 15) is 9.18 Å². The SMILES string of the molecule is CCN(Cc1cccc(F)c1)C(=O)c1ccc(I)c(Cl)c1. The largest absolute Gasteiger partial charge is 0.335 e. The van der Waals surface area contributed by atoms with Gasteiger partial charge in [0.05, 0.1) is 5.02 Å². The van der Waals surface area contributed by atoms with Crippen molar-refractivity contribution >= 4 is 40.1 Å². The van der Waals surface area contributed by atoms with Crippen LogP contribution in [-0.4, -0.2) is 17.4 Å². The highest BCUT2D eigenvalue weighted by molar-refractivity contribution is 14.1. The smallest absolute Gasteiger partial charge is 0.254 e. The second-order valence-electron chi connectivity index (χ2n) is 4.58. The first-order valence-corrected chi connectivity index (χ1v) is 7.95. The maximum Gasteiger partial charge on any atom is 0.254 e. The number of amides is 1. The third kappa shape index (κ3) is 4.17. The lowest BCUT2D eigenvalue weighted by molar-refractivity contribution is 0.0752. The Morgan fingerprint density at radius 3 is 2.67 bits per heavy atom. The minimum atomic E-state index is -0.298. The Balaban J connectivity index is 2.20. The van der Waals surface area contributed by atoms with E-state index >= 15 is 0 Å². The third-order valence-electron chi connectivity index (χ3n) is 3.10. The van der Waals surface area contributed by atoms with Crippen molar-refractivity contribution in [2.75, 3.05) is 6.54 Å². The number of rotatable bonds is 4. The number of nitrogens with zero attached hydrogens (tertiary/aromatic N) is 1. The van der Waals surface area contributed by atoms with E-state index in [4.69, 9.17) is 11.6 Å². The molecule has 2 aromatic carbocycles. The second kappa shape index (κ2) is 7.22. The molecule has 21 heavy (non-hydrogen) atoms. The van der Waals surface area contributed by atoms with Crippen LogP contribution in [0.25, 0.3) is 0 Å². The molecule has 0 atom stereocenters. The van der Waals surface area contributed by atoms with Crippen molar-refractivity contribution in [1.82, 2.24) is 4.90 Å². The number of benzene rings is 2. The quantitative estimate of drug-likeness (QED) is 0.658. The predicted molar refractivity (Wildman–Crippen MR) is 91.0 cm³/mol. The molecule has 0 aromatic heterocycles. The molecule has 0 aliphatic heterocycles. The summed E-state index contributed by atoms with van der Waals surface area (Å²) in [6.45, 7) is 2.81. The molecule has 0 unspecified atom stereocenters. The van der Waals surface area contributed by atoms with Gasteiger partial charge in [0, 0.05) is 22.2 Å². The molecular formula is C16H14ClFINO. The van der Waals surface area contributed by atoms with Crippen molar-refractivity contribution < 1.29 is 9.18 Å². The number of halogens is 3. The average Bonchev–Trinajstić information content (AvgIpc) is 2.47. The van der Waals surface area contributed by atoms with Crippen LogP contribution in [-0.2, 0) is 6.54 Å². The van der Waals surface area contributed by atoms with E-state index < -0.39 is 0 Å². The van der Waals surface area contributed by atoms with Crippen molar-refractivity contribution in [2.24, 2.45) is 0 Å². The molecule has 110 valence electrons. The van der Waals surface area contributed by atoms with Crippen molar-refractivity contribution in [3.63, 3.8) is 0 Å². The summed E-state index contributed by atoms with van der Waals surface area (Å²) >= 11 is 8.17.